The molecule has 2 aliphatic rings. The van der Waals surface area contributed by atoms with E-state index in [1.54, 1.807) is 0 Å². The van der Waals surface area contributed by atoms with E-state index >= 15 is 0 Å². The summed E-state index contributed by atoms with van der Waals surface area (Å²) in [5.74, 6) is -0.504. The third kappa shape index (κ3) is 8.83. The van der Waals surface area contributed by atoms with Gasteiger partial charge in [-0.15, -0.1) is 0 Å². The van der Waals surface area contributed by atoms with Crippen molar-refractivity contribution in [3.63, 3.8) is 0 Å². The molecule has 2 aliphatic heterocycles. The van der Waals surface area contributed by atoms with Gasteiger partial charge in [0.25, 0.3) is 0 Å². The topological polar surface area (TPSA) is 222 Å². The lowest BCUT2D eigenvalue weighted by molar-refractivity contribution is -0.376. The summed E-state index contributed by atoms with van der Waals surface area (Å²) >= 11 is 0. The van der Waals surface area contributed by atoms with Crippen LogP contribution in [0.3, 0.4) is 0 Å². The molecule has 0 amide bonds. The van der Waals surface area contributed by atoms with Gasteiger partial charge < -0.3 is 60.4 Å². The molecule has 2 heterocycles. The number of nitrogens with two attached hydrogens (primary N) is 1. The molecule has 13 heteroatoms. The van der Waals surface area contributed by atoms with Crippen LogP contribution in [0.1, 0.15) is 51.4 Å². The van der Waals surface area contributed by atoms with Crippen LogP contribution in [0.5, 0.6) is 0 Å². The van der Waals surface area contributed by atoms with E-state index in [2.05, 4.69) is 0 Å². The highest BCUT2D eigenvalue weighted by atomic mass is 16.8. The molecule has 2 fully saturated rings. The molecule has 0 spiro atoms. The second-order valence-electron chi connectivity index (χ2n) is 9.04. The van der Waals surface area contributed by atoms with Crippen molar-refractivity contribution in [2.45, 2.75) is 113 Å². The first-order valence-electron chi connectivity index (χ1n) is 12.2. The molecule has 0 aromatic rings. The monoisotopic (exact) mass is 511 g/mol. The number of aliphatic hydroxyl groups is 7. The molecular weight excluding hydrogens is 470 g/mol. The average Bonchev–Trinajstić information content (AvgIpc) is 2.85. The Hall–Kier alpha value is -0.970. The molecule has 0 aliphatic carbocycles. The Morgan fingerprint density at radius 1 is 0.686 bits per heavy atom. The van der Waals surface area contributed by atoms with Gasteiger partial charge in [0.1, 0.15) is 55.4 Å². The Bertz CT molecular complexity index is 611. The lowest BCUT2D eigenvalue weighted by Gasteiger charge is -2.44. The smallest absolute Gasteiger partial charge is 0.305 e. The Balaban J connectivity index is 1.79. The van der Waals surface area contributed by atoms with E-state index < -0.39 is 80.6 Å². The number of hydrogen-bond acceptors (Lipinski definition) is 13. The summed E-state index contributed by atoms with van der Waals surface area (Å²) in [6.07, 6.45) is -8.96. The largest absolute Gasteiger partial charge is 0.463 e. The first kappa shape index (κ1) is 30.3. The minimum Gasteiger partial charge on any atom is -0.463 e. The van der Waals surface area contributed by atoms with E-state index in [9.17, 15) is 40.5 Å². The van der Waals surface area contributed by atoms with Crippen molar-refractivity contribution in [1.82, 2.24) is 0 Å². The van der Waals surface area contributed by atoms with Gasteiger partial charge in [0.05, 0.1) is 6.61 Å². The maximum absolute atomic E-state index is 12.0. The van der Waals surface area contributed by atoms with Crippen LogP contribution < -0.4 is 5.73 Å². The number of ether oxygens (including phenoxy) is 4. The molecule has 2 saturated heterocycles. The van der Waals surface area contributed by atoms with Crippen molar-refractivity contribution in [3.05, 3.63) is 0 Å². The van der Waals surface area contributed by atoms with Gasteiger partial charge in [-0.05, 0) is 19.4 Å². The number of carbonyl (C=O) groups excluding carboxylic acids is 1. The molecule has 0 aromatic carbocycles. The molecule has 0 saturated carbocycles. The highest BCUT2D eigenvalue weighted by molar-refractivity contribution is 5.69. The molecular formula is C22H41NO12. The molecule has 13 nitrogen and oxygen atoms in total. The van der Waals surface area contributed by atoms with Gasteiger partial charge in [0, 0.05) is 6.42 Å². The summed E-state index contributed by atoms with van der Waals surface area (Å²) in [7, 11) is 0. The summed E-state index contributed by atoms with van der Waals surface area (Å²) in [5, 5.41) is 69.7. The number of carbonyl (C=O) groups is 1. The number of unbranched alkanes of at least 4 members (excludes halogenated alkanes) is 6. The SMILES string of the molecule is NCCCCCCCCCC(=O)OCC1OC(OC2OC(CO)C(O)C(O)C2O)C(O)C(O)C1O. The van der Waals surface area contributed by atoms with E-state index in [1.807, 2.05) is 0 Å². The second kappa shape index (κ2) is 15.3. The summed E-state index contributed by atoms with van der Waals surface area (Å²) < 4.78 is 21.1. The van der Waals surface area contributed by atoms with Crippen molar-refractivity contribution < 1.29 is 59.5 Å². The average molecular weight is 512 g/mol. The maximum atomic E-state index is 12.0. The van der Waals surface area contributed by atoms with Crippen LogP contribution in [0.4, 0.5) is 0 Å². The van der Waals surface area contributed by atoms with Gasteiger partial charge in [0.15, 0.2) is 12.6 Å². The van der Waals surface area contributed by atoms with Crippen LogP contribution >= 0.6 is 0 Å². The van der Waals surface area contributed by atoms with Gasteiger partial charge in [-0.2, -0.15) is 0 Å². The fourth-order valence-corrected chi connectivity index (χ4v) is 4.02. The normalized spacial score (nSPS) is 37.8. The van der Waals surface area contributed by atoms with Gasteiger partial charge in [-0.1, -0.05) is 32.1 Å². The molecule has 9 N–H and O–H groups in total. The predicted molar refractivity (Wildman–Crippen MR) is 118 cm³/mol. The molecule has 10 atom stereocenters. The third-order valence-electron chi connectivity index (χ3n) is 6.28. The van der Waals surface area contributed by atoms with E-state index in [4.69, 9.17) is 24.7 Å². The Morgan fingerprint density at radius 3 is 1.71 bits per heavy atom. The molecule has 10 unspecified atom stereocenters. The van der Waals surface area contributed by atoms with Crippen LogP contribution in [0, 0.1) is 0 Å². The fraction of sp³-hybridized carbons (Fsp3) is 0.955. The fourth-order valence-electron chi connectivity index (χ4n) is 4.02. The van der Waals surface area contributed by atoms with Crippen LogP contribution in [0.15, 0.2) is 0 Å². The van der Waals surface area contributed by atoms with E-state index in [0.29, 0.717) is 13.0 Å². The molecule has 0 aromatic heterocycles. The zero-order valence-electron chi connectivity index (χ0n) is 19.8. The molecule has 206 valence electrons. The van der Waals surface area contributed by atoms with Gasteiger partial charge >= 0.3 is 5.97 Å². The van der Waals surface area contributed by atoms with Crippen LogP contribution in [-0.4, -0.2) is 123 Å². The number of aliphatic hydroxyl groups excluding tert-OH is 7. The van der Waals surface area contributed by atoms with Crippen molar-refractivity contribution >= 4 is 5.97 Å². The van der Waals surface area contributed by atoms with Crippen LogP contribution in [0.25, 0.3) is 0 Å². The third-order valence-corrected chi connectivity index (χ3v) is 6.28. The minimum absolute atomic E-state index is 0.182. The van der Waals surface area contributed by atoms with E-state index in [1.165, 1.54) is 0 Å². The lowest BCUT2D eigenvalue weighted by atomic mass is 9.98. The zero-order chi connectivity index (χ0) is 26.0. The van der Waals surface area contributed by atoms with E-state index in [0.717, 1.165) is 38.5 Å². The Labute approximate surface area is 204 Å². The highest BCUT2D eigenvalue weighted by Gasteiger charge is 2.49. The quantitative estimate of drug-likeness (QED) is 0.0875. The standard InChI is InChI=1S/C22H41NO12/c23-9-7-5-3-1-2-4-6-8-14(25)32-11-13-16(27)18(29)20(31)22(34-13)35-21-19(30)17(28)15(26)12(10-24)33-21/h12-13,15-22,24,26-31H,1-11,23H2. The van der Waals surface area contributed by atoms with E-state index in [-0.39, 0.29) is 6.42 Å². The summed E-state index contributed by atoms with van der Waals surface area (Å²) in [4.78, 5) is 12.0. The van der Waals surface area contributed by atoms with Gasteiger partial charge in [-0.3, -0.25) is 4.79 Å². The first-order valence-corrected chi connectivity index (χ1v) is 12.2. The number of hydrogen-bond donors (Lipinski definition) is 8. The van der Waals surface area contributed by atoms with Crippen molar-refractivity contribution in [1.29, 1.82) is 0 Å². The van der Waals surface area contributed by atoms with Gasteiger partial charge in [-0.25, -0.2) is 0 Å². The Morgan fingerprint density at radius 2 is 1.17 bits per heavy atom. The van der Waals surface area contributed by atoms with Gasteiger partial charge in [0.2, 0.25) is 0 Å². The number of esters is 1. The molecule has 2 rings (SSSR count). The Kier molecular flexibility index (Phi) is 13.2. The van der Waals surface area contributed by atoms with Crippen molar-refractivity contribution in [3.8, 4) is 0 Å². The molecule has 0 bridgehead atoms. The predicted octanol–water partition coefficient (Wildman–Crippen LogP) is -2.77. The summed E-state index contributed by atoms with van der Waals surface area (Å²) in [5.41, 5.74) is 5.45. The summed E-state index contributed by atoms with van der Waals surface area (Å²) in [6.45, 7) is -0.410. The zero-order valence-corrected chi connectivity index (χ0v) is 19.8. The van der Waals surface area contributed by atoms with Crippen molar-refractivity contribution in [2.75, 3.05) is 19.8 Å². The summed E-state index contributed by atoms with van der Waals surface area (Å²) in [6, 6.07) is 0. The van der Waals surface area contributed by atoms with Crippen LogP contribution in [0.2, 0.25) is 0 Å². The maximum Gasteiger partial charge on any atom is 0.305 e. The molecule has 0 radical (unpaired) electrons. The van der Waals surface area contributed by atoms with Crippen molar-refractivity contribution in [2.24, 2.45) is 5.73 Å². The first-order chi connectivity index (χ1) is 16.7. The molecule has 35 heavy (non-hydrogen) atoms. The van der Waals surface area contributed by atoms with Crippen LogP contribution in [-0.2, 0) is 23.7 Å². The minimum atomic E-state index is -1.77. The lowest BCUT2D eigenvalue weighted by Crippen LogP contribution is -2.63. The highest BCUT2D eigenvalue weighted by Crippen LogP contribution is 2.28. The number of rotatable bonds is 14. The second-order valence-corrected chi connectivity index (χ2v) is 9.04.